The first-order chi connectivity index (χ1) is 11.9. The molecule has 0 aliphatic rings. The Balaban J connectivity index is 1.92. The van der Waals surface area contributed by atoms with Gasteiger partial charge in [-0.15, -0.1) is 0 Å². The highest BCUT2D eigenvalue weighted by molar-refractivity contribution is 7.90. The molecule has 1 aromatic heterocycles. The van der Waals surface area contributed by atoms with E-state index in [0.29, 0.717) is 4.90 Å². The van der Waals surface area contributed by atoms with Crippen LogP contribution in [0.5, 0.6) is 5.75 Å². The zero-order valence-corrected chi connectivity index (χ0v) is 15.1. The van der Waals surface area contributed by atoms with Crippen LogP contribution in [0.3, 0.4) is 0 Å². The monoisotopic (exact) mass is 356 g/mol. The van der Waals surface area contributed by atoms with Crippen LogP contribution >= 0.6 is 0 Å². The molecule has 130 valence electrons. The Morgan fingerprint density at radius 1 is 1.12 bits per heavy atom. The number of benzene rings is 2. The molecule has 7 heteroatoms. The Kier molecular flexibility index (Phi) is 4.61. The topological polar surface area (TPSA) is 78.3 Å². The van der Waals surface area contributed by atoms with Crippen LogP contribution in [0.2, 0.25) is 0 Å². The van der Waals surface area contributed by atoms with Crippen molar-refractivity contribution >= 4 is 32.2 Å². The second-order valence-electron chi connectivity index (χ2n) is 5.73. The molecule has 0 spiro atoms. The van der Waals surface area contributed by atoms with E-state index in [1.165, 1.54) is 4.31 Å². The minimum Gasteiger partial charge on any atom is -0.497 e. The van der Waals surface area contributed by atoms with Crippen LogP contribution in [0.4, 0.5) is 11.4 Å². The van der Waals surface area contributed by atoms with Crippen LogP contribution in [0, 0.1) is 4.78 Å². The van der Waals surface area contributed by atoms with Crippen LogP contribution in [0.25, 0.3) is 10.9 Å². The number of pyridine rings is 1. The average molecular weight is 356 g/mol. The second kappa shape index (κ2) is 6.70. The normalized spacial score (nSPS) is 13.6. The maximum absolute atomic E-state index is 12.3. The summed E-state index contributed by atoms with van der Waals surface area (Å²) in [6.07, 6.45) is 1.74. The number of fused-ring (bicyclic) bond motifs is 1. The van der Waals surface area contributed by atoms with Crippen LogP contribution in [0.1, 0.15) is 0 Å². The van der Waals surface area contributed by atoms with Gasteiger partial charge in [0.1, 0.15) is 15.7 Å². The molecule has 0 saturated carbocycles. The van der Waals surface area contributed by atoms with Gasteiger partial charge >= 0.3 is 0 Å². The lowest BCUT2D eigenvalue weighted by Gasteiger charge is -2.15. The minimum atomic E-state index is -2.93. The molecular weight excluding hydrogens is 336 g/mol. The van der Waals surface area contributed by atoms with Crippen molar-refractivity contribution in [3.05, 3.63) is 54.7 Å². The average Bonchev–Trinajstić information content (AvgIpc) is 2.62. The van der Waals surface area contributed by atoms with Crippen molar-refractivity contribution in [1.82, 2.24) is 9.29 Å². The summed E-state index contributed by atoms with van der Waals surface area (Å²) in [7, 11) is 1.98. The first-order valence-electron chi connectivity index (χ1n) is 7.68. The fraction of sp³-hybridized carbons (Fsp3) is 0.167. The Hall–Kier alpha value is -2.64. The Morgan fingerprint density at radius 2 is 1.84 bits per heavy atom. The Morgan fingerprint density at radius 3 is 2.48 bits per heavy atom. The summed E-state index contributed by atoms with van der Waals surface area (Å²) in [5, 5.41) is 4.32. The largest absolute Gasteiger partial charge is 0.497 e. The van der Waals surface area contributed by atoms with Gasteiger partial charge in [-0.3, -0.25) is 4.98 Å². The first kappa shape index (κ1) is 17.2. The number of hydrogen-bond donors (Lipinski definition) is 2. The lowest BCUT2D eigenvalue weighted by molar-refractivity contribution is 0.415. The summed E-state index contributed by atoms with van der Waals surface area (Å²) in [6.45, 7) is 0. The summed E-state index contributed by atoms with van der Waals surface area (Å²) in [6, 6.07) is 14.7. The van der Waals surface area contributed by atoms with E-state index in [1.54, 1.807) is 39.5 Å². The Bertz CT molecular complexity index is 999. The minimum absolute atomic E-state index is 0.479. The van der Waals surface area contributed by atoms with Crippen molar-refractivity contribution in [2.45, 2.75) is 4.90 Å². The quantitative estimate of drug-likeness (QED) is 0.727. The zero-order valence-electron chi connectivity index (χ0n) is 14.3. The van der Waals surface area contributed by atoms with Crippen molar-refractivity contribution in [1.29, 1.82) is 4.78 Å². The molecule has 0 radical (unpaired) electrons. The van der Waals surface area contributed by atoms with Gasteiger partial charge in [-0.2, -0.15) is 0 Å². The van der Waals surface area contributed by atoms with E-state index in [0.717, 1.165) is 28.0 Å². The number of anilines is 2. The lowest BCUT2D eigenvalue weighted by Crippen LogP contribution is -2.20. The molecule has 0 aliphatic carbocycles. The fourth-order valence-corrected chi connectivity index (χ4v) is 3.38. The van der Waals surface area contributed by atoms with E-state index < -0.39 is 9.92 Å². The van der Waals surface area contributed by atoms with Crippen LogP contribution in [-0.2, 0) is 9.92 Å². The van der Waals surface area contributed by atoms with Gasteiger partial charge in [0.2, 0.25) is 0 Å². The molecule has 3 rings (SSSR count). The summed E-state index contributed by atoms with van der Waals surface area (Å²) < 4.78 is 27.0. The molecule has 3 aromatic rings. The highest BCUT2D eigenvalue weighted by Gasteiger charge is 2.12. The van der Waals surface area contributed by atoms with Crippen molar-refractivity contribution < 1.29 is 8.95 Å². The van der Waals surface area contributed by atoms with Gasteiger partial charge in [0, 0.05) is 43.1 Å². The molecule has 1 heterocycles. The molecular formula is C18H20N4O2S. The van der Waals surface area contributed by atoms with Crippen molar-refractivity contribution in [3.63, 3.8) is 0 Å². The second-order valence-corrected chi connectivity index (χ2v) is 7.98. The number of hydrogen-bond acceptors (Lipinski definition) is 5. The van der Waals surface area contributed by atoms with Crippen LogP contribution in [-0.4, -0.2) is 34.7 Å². The van der Waals surface area contributed by atoms with Crippen molar-refractivity contribution in [2.75, 3.05) is 26.5 Å². The van der Waals surface area contributed by atoms with E-state index in [1.807, 2.05) is 36.4 Å². The van der Waals surface area contributed by atoms with Crippen molar-refractivity contribution in [2.24, 2.45) is 0 Å². The molecule has 6 nitrogen and oxygen atoms in total. The summed E-state index contributed by atoms with van der Waals surface area (Å²) >= 11 is 0. The lowest BCUT2D eigenvalue weighted by atomic mass is 10.1. The number of nitrogens with one attached hydrogen (secondary N) is 2. The van der Waals surface area contributed by atoms with Gasteiger partial charge in [0.15, 0.2) is 0 Å². The third-order valence-corrected chi connectivity index (χ3v) is 5.86. The Labute approximate surface area is 147 Å². The fourth-order valence-electron chi connectivity index (χ4n) is 2.45. The standard InChI is InChI=1S/C18H20N4O2S/c1-22(2)25(19,23)15-7-4-13(5-8-15)21-17-10-11-20-18-12-14(24-3)6-9-16(17)18/h4-12,19H,1-3H3,(H,20,21). The van der Waals surface area contributed by atoms with E-state index in [9.17, 15) is 4.21 Å². The van der Waals surface area contributed by atoms with E-state index in [4.69, 9.17) is 9.52 Å². The SMILES string of the molecule is COc1ccc2c(Nc3ccc(S(=N)(=O)N(C)C)cc3)ccnc2c1. The zero-order chi connectivity index (χ0) is 18.0. The molecule has 0 fully saturated rings. The number of nitrogens with zero attached hydrogens (tertiary/aromatic N) is 2. The number of rotatable bonds is 5. The molecule has 0 amide bonds. The molecule has 0 aliphatic heterocycles. The highest BCUT2D eigenvalue weighted by atomic mass is 32.2. The summed E-state index contributed by atoms with van der Waals surface area (Å²) in [4.78, 5) is 4.85. The summed E-state index contributed by atoms with van der Waals surface area (Å²) in [5.74, 6) is 0.760. The maximum atomic E-state index is 12.3. The molecule has 0 bridgehead atoms. The van der Waals surface area contributed by atoms with E-state index in [2.05, 4.69) is 10.3 Å². The van der Waals surface area contributed by atoms with Gasteiger partial charge in [-0.1, -0.05) is 0 Å². The van der Waals surface area contributed by atoms with Crippen LogP contribution < -0.4 is 10.1 Å². The highest BCUT2D eigenvalue weighted by Crippen LogP contribution is 2.28. The maximum Gasteiger partial charge on any atom is 0.136 e. The van der Waals surface area contributed by atoms with E-state index in [-0.39, 0.29) is 0 Å². The molecule has 1 atom stereocenters. The molecule has 2 aromatic carbocycles. The van der Waals surface area contributed by atoms with E-state index >= 15 is 0 Å². The summed E-state index contributed by atoms with van der Waals surface area (Å²) in [5.41, 5.74) is 2.60. The first-order valence-corrected chi connectivity index (χ1v) is 9.19. The third kappa shape index (κ3) is 3.42. The van der Waals surface area contributed by atoms with Crippen LogP contribution in [0.15, 0.2) is 59.6 Å². The molecule has 25 heavy (non-hydrogen) atoms. The van der Waals surface area contributed by atoms with Gasteiger partial charge in [-0.05, 0) is 42.5 Å². The molecule has 1 unspecified atom stereocenters. The molecule has 2 N–H and O–H groups in total. The number of methoxy groups -OCH3 is 1. The third-order valence-electron chi connectivity index (χ3n) is 3.92. The van der Waals surface area contributed by atoms with Gasteiger partial charge < -0.3 is 10.1 Å². The smallest absolute Gasteiger partial charge is 0.136 e. The predicted octanol–water partition coefficient (Wildman–Crippen LogP) is 3.87. The van der Waals surface area contributed by atoms with Gasteiger partial charge in [0.05, 0.1) is 17.5 Å². The number of ether oxygens (including phenoxy) is 1. The van der Waals surface area contributed by atoms with Crippen molar-refractivity contribution in [3.8, 4) is 5.75 Å². The molecule has 0 saturated heterocycles. The number of aromatic nitrogens is 1. The predicted molar refractivity (Wildman–Crippen MR) is 101 cm³/mol. The van der Waals surface area contributed by atoms with Gasteiger partial charge in [0.25, 0.3) is 0 Å². The van der Waals surface area contributed by atoms with Gasteiger partial charge in [-0.25, -0.2) is 13.3 Å².